The quantitative estimate of drug-likeness (QED) is 0.455. The first-order valence-electron chi connectivity index (χ1n) is 10.3. The van der Waals surface area contributed by atoms with Gasteiger partial charge in [-0.25, -0.2) is 9.29 Å². The number of amides is 2. The van der Waals surface area contributed by atoms with Gasteiger partial charge in [0, 0.05) is 4.90 Å². The van der Waals surface area contributed by atoms with E-state index in [4.69, 9.17) is 0 Å². The van der Waals surface area contributed by atoms with E-state index in [1.165, 1.54) is 23.9 Å². The van der Waals surface area contributed by atoms with Gasteiger partial charge in [0.1, 0.15) is 16.4 Å². The molecule has 4 nitrogen and oxygen atoms in total. The van der Waals surface area contributed by atoms with Crippen LogP contribution in [0.3, 0.4) is 0 Å². The fourth-order valence-electron chi connectivity index (χ4n) is 3.38. The average Bonchev–Trinajstić information content (AvgIpc) is 3.00. The number of para-hydroxylation sites is 1. The van der Waals surface area contributed by atoms with Gasteiger partial charge in [0.15, 0.2) is 0 Å². The molecule has 1 aliphatic heterocycles. The first kappa shape index (κ1) is 21.8. The molecule has 0 bridgehead atoms. The third kappa shape index (κ3) is 4.32. The normalized spacial score (nSPS) is 14.0. The molecule has 3 aromatic rings. The molecule has 0 aliphatic carbocycles. The lowest BCUT2D eigenvalue weighted by Gasteiger charge is -2.16. The second-order valence-corrected chi connectivity index (χ2v) is 9.00. The highest BCUT2D eigenvalue weighted by molar-refractivity contribution is 8.04. The number of halogens is 1. The van der Waals surface area contributed by atoms with Crippen molar-refractivity contribution in [2.24, 2.45) is 0 Å². The van der Waals surface area contributed by atoms with Crippen molar-refractivity contribution in [3.8, 4) is 0 Å². The van der Waals surface area contributed by atoms with E-state index in [9.17, 15) is 14.0 Å². The minimum Gasteiger partial charge on any atom is -0.348 e. The van der Waals surface area contributed by atoms with Gasteiger partial charge in [0.25, 0.3) is 11.8 Å². The zero-order valence-electron chi connectivity index (χ0n) is 18.1. The van der Waals surface area contributed by atoms with E-state index in [0.717, 1.165) is 20.9 Å². The highest BCUT2D eigenvalue weighted by Gasteiger charge is 2.40. The van der Waals surface area contributed by atoms with Crippen LogP contribution in [0, 0.1) is 12.7 Å². The van der Waals surface area contributed by atoms with Gasteiger partial charge in [-0.2, -0.15) is 0 Å². The minimum atomic E-state index is -0.509. The van der Waals surface area contributed by atoms with Crippen molar-refractivity contribution >= 4 is 35.0 Å². The smallest absolute Gasteiger partial charge is 0.283 e. The van der Waals surface area contributed by atoms with Gasteiger partial charge in [0.05, 0.1) is 11.4 Å². The van der Waals surface area contributed by atoms with Crippen LogP contribution in [0.5, 0.6) is 0 Å². The van der Waals surface area contributed by atoms with Crippen molar-refractivity contribution in [3.63, 3.8) is 0 Å². The van der Waals surface area contributed by atoms with Crippen molar-refractivity contribution < 1.29 is 14.0 Å². The van der Waals surface area contributed by atoms with Gasteiger partial charge in [-0.1, -0.05) is 67.6 Å². The number of carbonyl (C=O) groups excluding carboxylic acids is 2. The Kier molecular flexibility index (Phi) is 6.15. The van der Waals surface area contributed by atoms with E-state index in [1.54, 1.807) is 24.3 Å². The van der Waals surface area contributed by atoms with Gasteiger partial charge >= 0.3 is 0 Å². The summed E-state index contributed by atoms with van der Waals surface area (Å²) in [5.74, 6) is -1.11. The molecule has 0 unspecified atom stereocenters. The molecule has 162 valence electrons. The number of anilines is 2. The van der Waals surface area contributed by atoms with Crippen LogP contribution in [0.25, 0.3) is 0 Å². The van der Waals surface area contributed by atoms with Crippen LogP contribution in [0.4, 0.5) is 15.8 Å². The molecule has 0 radical (unpaired) electrons. The Morgan fingerprint density at radius 1 is 0.875 bits per heavy atom. The van der Waals surface area contributed by atoms with E-state index in [2.05, 4.69) is 19.2 Å². The summed E-state index contributed by atoms with van der Waals surface area (Å²) in [6.07, 6.45) is 0. The lowest BCUT2D eigenvalue weighted by Crippen LogP contribution is -2.32. The van der Waals surface area contributed by atoms with Crippen LogP contribution in [0.2, 0.25) is 0 Å². The van der Waals surface area contributed by atoms with Crippen molar-refractivity contribution in [2.45, 2.75) is 31.6 Å². The number of imide groups is 1. The molecule has 0 saturated heterocycles. The molecule has 0 aromatic heterocycles. The van der Waals surface area contributed by atoms with Crippen molar-refractivity contribution in [3.05, 3.63) is 100 Å². The van der Waals surface area contributed by atoms with Gasteiger partial charge in [-0.3, -0.25) is 9.59 Å². The summed E-state index contributed by atoms with van der Waals surface area (Å²) < 4.78 is 14.3. The zero-order chi connectivity index (χ0) is 22.8. The third-order valence-corrected chi connectivity index (χ3v) is 6.32. The van der Waals surface area contributed by atoms with E-state index < -0.39 is 17.6 Å². The Morgan fingerprint density at radius 2 is 1.53 bits per heavy atom. The Labute approximate surface area is 191 Å². The lowest BCUT2D eigenvalue weighted by molar-refractivity contribution is -0.120. The van der Waals surface area contributed by atoms with Gasteiger partial charge < -0.3 is 5.32 Å². The minimum absolute atomic E-state index is 0.0682. The molecule has 32 heavy (non-hydrogen) atoms. The monoisotopic (exact) mass is 446 g/mol. The molecule has 0 fully saturated rings. The molecule has 1 heterocycles. The largest absolute Gasteiger partial charge is 0.348 e. The molecule has 2 amide bonds. The van der Waals surface area contributed by atoms with Crippen molar-refractivity contribution in [1.82, 2.24) is 0 Å². The molecule has 6 heteroatoms. The van der Waals surface area contributed by atoms with E-state index >= 15 is 0 Å². The molecule has 3 aromatic carbocycles. The van der Waals surface area contributed by atoms with Gasteiger partial charge in [0.2, 0.25) is 0 Å². The molecule has 4 rings (SSSR count). The van der Waals surface area contributed by atoms with Crippen LogP contribution < -0.4 is 10.2 Å². The maximum absolute atomic E-state index is 14.3. The first-order chi connectivity index (χ1) is 15.3. The number of thioether (sulfide) groups is 1. The maximum atomic E-state index is 14.3. The zero-order valence-corrected chi connectivity index (χ0v) is 18.9. The van der Waals surface area contributed by atoms with E-state index in [-0.39, 0.29) is 16.3 Å². The summed E-state index contributed by atoms with van der Waals surface area (Å²) in [6.45, 7) is 6.14. The number of benzene rings is 3. The second-order valence-electron chi connectivity index (χ2n) is 7.92. The summed E-state index contributed by atoms with van der Waals surface area (Å²) in [4.78, 5) is 28.9. The van der Waals surface area contributed by atoms with Crippen LogP contribution >= 0.6 is 11.8 Å². The standard InChI is InChI=1S/C26H23FN2O2S/c1-16(2)18-10-12-19(13-11-18)29-25(30)23(28-22-7-5-4-6-21(22)27)24(26(29)31)32-20-14-8-17(3)9-15-20/h4-16,28H,1-3H3. The Bertz CT molecular complexity index is 1200. The van der Waals surface area contributed by atoms with Crippen molar-refractivity contribution in [1.29, 1.82) is 0 Å². The number of nitrogens with one attached hydrogen (secondary N) is 1. The molecule has 0 saturated carbocycles. The Hall–Kier alpha value is -3.38. The summed E-state index contributed by atoms with van der Waals surface area (Å²) >= 11 is 1.19. The molecular formula is C26H23FN2O2S. The molecule has 1 N–H and O–H groups in total. The first-order valence-corrected chi connectivity index (χ1v) is 11.2. The van der Waals surface area contributed by atoms with E-state index in [1.807, 2.05) is 43.3 Å². The number of hydrogen-bond acceptors (Lipinski definition) is 4. The number of rotatable bonds is 6. The third-order valence-electron chi connectivity index (χ3n) is 5.23. The summed E-state index contributed by atoms with van der Waals surface area (Å²) in [5, 5.41) is 2.87. The molecule has 0 atom stereocenters. The predicted molar refractivity (Wildman–Crippen MR) is 127 cm³/mol. The number of carbonyl (C=O) groups is 2. The van der Waals surface area contributed by atoms with Crippen molar-refractivity contribution in [2.75, 3.05) is 10.2 Å². The number of hydrogen-bond donors (Lipinski definition) is 1. The number of nitrogens with zero attached hydrogens (tertiary/aromatic N) is 1. The summed E-state index contributed by atoms with van der Waals surface area (Å²) in [5.41, 5.74) is 2.89. The molecule has 1 aliphatic rings. The fraction of sp³-hybridized carbons (Fsp3) is 0.154. The summed E-state index contributed by atoms with van der Waals surface area (Å²) in [6, 6.07) is 21.1. The Balaban J connectivity index is 1.73. The number of aryl methyl sites for hydroxylation is 1. The highest BCUT2D eigenvalue weighted by atomic mass is 32.2. The van der Waals surface area contributed by atoms with Crippen LogP contribution in [0.1, 0.15) is 30.9 Å². The molecular weight excluding hydrogens is 423 g/mol. The predicted octanol–water partition coefficient (Wildman–Crippen LogP) is 6.25. The van der Waals surface area contributed by atoms with Crippen LogP contribution in [-0.4, -0.2) is 11.8 Å². The lowest BCUT2D eigenvalue weighted by atomic mass is 10.0. The summed E-state index contributed by atoms with van der Waals surface area (Å²) in [7, 11) is 0. The van der Waals surface area contributed by atoms with Crippen LogP contribution in [0.15, 0.2) is 88.3 Å². The van der Waals surface area contributed by atoms with Crippen LogP contribution in [-0.2, 0) is 9.59 Å². The highest BCUT2D eigenvalue weighted by Crippen LogP contribution is 2.38. The van der Waals surface area contributed by atoms with Gasteiger partial charge in [-0.05, 0) is 54.8 Å². The second kappa shape index (κ2) is 9.01. The Morgan fingerprint density at radius 3 is 2.16 bits per heavy atom. The fourth-order valence-corrected chi connectivity index (χ4v) is 4.31. The van der Waals surface area contributed by atoms with Gasteiger partial charge in [-0.15, -0.1) is 0 Å². The SMILES string of the molecule is Cc1ccc(SC2=C(Nc3ccccc3F)C(=O)N(c3ccc(C(C)C)cc3)C2=O)cc1. The molecule has 0 spiro atoms. The average molecular weight is 447 g/mol. The maximum Gasteiger partial charge on any atom is 0.283 e. The topological polar surface area (TPSA) is 49.4 Å². The van der Waals surface area contributed by atoms with E-state index in [0.29, 0.717) is 11.6 Å².